The van der Waals surface area contributed by atoms with E-state index in [1.807, 2.05) is 0 Å². The SMILES string of the molecule is CN1CCN([C@H]2CNC[C@H](C(=O)O)C2)CC1. The number of nitrogens with one attached hydrogen (secondary N) is 1. The first-order chi connectivity index (χ1) is 7.66. The van der Waals surface area contributed by atoms with Gasteiger partial charge in [-0.1, -0.05) is 0 Å². The summed E-state index contributed by atoms with van der Waals surface area (Å²) in [5.41, 5.74) is 0. The van der Waals surface area contributed by atoms with Crippen LogP contribution in [-0.2, 0) is 4.79 Å². The van der Waals surface area contributed by atoms with Crippen molar-refractivity contribution in [3.05, 3.63) is 0 Å². The van der Waals surface area contributed by atoms with Gasteiger partial charge in [0.25, 0.3) is 0 Å². The van der Waals surface area contributed by atoms with Crippen LogP contribution in [0, 0.1) is 5.92 Å². The third kappa shape index (κ3) is 2.72. The molecular weight excluding hydrogens is 206 g/mol. The Balaban J connectivity index is 1.87. The van der Waals surface area contributed by atoms with Crippen LogP contribution in [-0.4, -0.2) is 73.2 Å². The Morgan fingerprint density at radius 3 is 2.56 bits per heavy atom. The smallest absolute Gasteiger partial charge is 0.307 e. The minimum absolute atomic E-state index is 0.210. The molecule has 0 spiro atoms. The van der Waals surface area contributed by atoms with Gasteiger partial charge in [-0.2, -0.15) is 0 Å². The molecule has 0 bridgehead atoms. The minimum Gasteiger partial charge on any atom is -0.481 e. The van der Waals surface area contributed by atoms with Crippen LogP contribution < -0.4 is 5.32 Å². The minimum atomic E-state index is -0.661. The summed E-state index contributed by atoms with van der Waals surface area (Å²) in [6.45, 7) is 5.87. The Kier molecular flexibility index (Phi) is 3.78. The molecule has 2 aliphatic rings. The largest absolute Gasteiger partial charge is 0.481 e. The molecule has 0 aliphatic carbocycles. The van der Waals surface area contributed by atoms with E-state index in [9.17, 15) is 4.79 Å². The number of aliphatic carboxylic acids is 1. The van der Waals surface area contributed by atoms with Crippen molar-refractivity contribution in [2.45, 2.75) is 12.5 Å². The van der Waals surface area contributed by atoms with E-state index in [1.165, 1.54) is 0 Å². The van der Waals surface area contributed by atoms with Gasteiger partial charge in [0.2, 0.25) is 0 Å². The van der Waals surface area contributed by atoms with Gasteiger partial charge in [-0.3, -0.25) is 9.69 Å². The molecule has 2 aliphatic heterocycles. The zero-order valence-electron chi connectivity index (χ0n) is 9.85. The van der Waals surface area contributed by atoms with Gasteiger partial charge in [0.15, 0.2) is 0 Å². The first kappa shape index (κ1) is 11.8. The zero-order valence-corrected chi connectivity index (χ0v) is 9.85. The van der Waals surface area contributed by atoms with Crippen molar-refractivity contribution in [3.63, 3.8) is 0 Å². The molecule has 2 N–H and O–H groups in total. The maximum Gasteiger partial charge on any atom is 0.307 e. The van der Waals surface area contributed by atoms with Crippen LogP contribution in [0.15, 0.2) is 0 Å². The molecule has 0 saturated carbocycles. The lowest BCUT2D eigenvalue weighted by atomic mass is 9.94. The highest BCUT2D eigenvalue weighted by Gasteiger charge is 2.31. The van der Waals surface area contributed by atoms with Crippen molar-refractivity contribution in [3.8, 4) is 0 Å². The van der Waals surface area contributed by atoms with Crippen molar-refractivity contribution in [2.24, 2.45) is 5.92 Å². The summed E-state index contributed by atoms with van der Waals surface area (Å²) in [7, 11) is 2.14. The first-order valence-corrected chi connectivity index (χ1v) is 6.03. The van der Waals surface area contributed by atoms with Crippen molar-refractivity contribution in [1.29, 1.82) is 0 Å². The lowest BCUT2D eigenvalue weighted by Gasteiger charge is -2.41. The molecule has 2 atom stereocenters. The number of piperidine rings is 1. The van der Waals surface area contributed by atoms with Gasteiger partial charge in [-0.25, -0.2) is 0 Å². The summed E-state index contributed by atoms with van der Waals surface area (Å²) in [6, 6.07) is 0.406. The lowest BCUT2D eigenvalue weighted by molar-refractivity contribution is -0.143. The Morgan fingerprint density at radius 1 is 1.25 bits per heavy atom. The molecule has 0 aromatic carbocycles. The van der Waals surface area contributed by atoms with E-state index >= 15 is 0 Å². The highest BCUT2D eigenvalue weighted by Crippen LogP contribution is 2.17. The maximum atomic E-state index is 11.0. The number of piperazine rings is 1. The van der Waals surface area contributed by atoms with E-state index < -0.39 is 5.97 Å². The Hall–Kier alpha value is -0.650. The molecule has 0 amide bonds. The average molecular weight is 227 g/mol. The van der Waals surface area contributed by atoms with Gasteiger partial charge >= 0.3 is 5.97 Å². The van der Waals surface area contributed by atoms with E-state index in [2.05, 4.69) is 22.2 Å². The van der Waals surface area contributed by atoms with Gasteiger partial charge < -0.3 is 15.3 Å². The van der Waals surface area contributed by atoms with Crippen LogP contribution in [0.2, 0.25) is 0 Å². The van der Waals surface area contributed by atoms with Crippen LogP contribution in [0.4, 0.5) is 0 Å². The molecule has 2 fully saturated rings. The molecule has 0 unspecified atom stereocenters. The van der Waals surface area contributed by atoms with Gasteiger partial charge in [-0.05, 0) is 13.5 Å². The Bertz CT molecular complexity index is 252. The molecule has 5 nitrogen and oxygen atoms in total. The summed E-state index contributed by atoms with van der Waals surface area (Å²) < 4.78 is 0. The van der Waals surface area contributed by atoms with Gasteiger partial charge in [0.1, 0.15) is 0 Å². The zero-order chi connectivity index (χ0) is 11.5. The van der Waals surface area contributed by atoms with Crippen LogP contribution in [0.5, 0.6) is 0 Å². The third-order valence-electron chi connectivity index (χ3n) is 3.73. The molecule has 2 rings (SSSR count). The second-order valence-corrected chi connectivity index (χ2v) is 4.92. The second-order valence-electron chi connectivity index (χ2n) is 4.92. The molecule has 0 radical (unpaired) electrons. The molecule has 92 valence electrons. The number of nitrogens with zero attached hydrogens (tertiary/aromatic N) is 2. The fourth-order valence-corrected chi connectivity index (χ4v) is 2.57. The molecule has 0 aromatic heterocycles. The molecular formula is C11H21N3O2. The predicted octanol–water partition coefficient (Wildman–Crippen LogP) is -0.703. The Labute approximate surface area is 96.4 Å². The number of hydrogen-bond acceptors (Lipinski definition) is 4. The van der Waals surface area contributed by atoms with Crippen molar-refractivity contribution < 1.29 is 9.90 Å². The van der Waals surface area contributed by atoms with E-state index in [0.29, 0.717) is 12.6 Å². The number of rotatable bonds is 2. The van der Waals surface area contributed by atoms with Gasteiger partial charge in [0, 0.05) is 45.3 Å². The van der Waals surface area contributed by atoms with Gasteiger partial charge in [0.05, 0.1) is 5.92 Å². The summed E-state index contributed by atoms with van der Waals surface area (Å²) in [5, 5.41) is 12.3. The Morgan fingerprint density at radius 2 is 1.94 bits per heavy atom. The summed E-state index contributed by atoms with van der Waals surface area (Å²) in [5.74, 6) is -0.871. The number of carboxylic acid groups (broad SMARTS) is 1. The number of carboxylic acids is 1. The van der Waals surface area contributed by atoms with E-state index in [1.54, 1.807) is 0 Å². The summed E-state index contributed by atoms with van der Waals surface area (Å²) in [6.07, 6.45) is 0.798. The normalized spacial score (nSPS) is 33.8. The predicted molar refractivity (Wildman–Crippen MR) is 61.5 cm³/mol. The van der Waals surface area contributed by atoms with Crippen LogP contribution in [0.1, 0.15) is 6.42 Å². The van der Waals surface area contributed by atoms with Crippen LogP contribution in [0.3, 0.4) is 0 Å². The molecule has 2 heterocycles. The van der Waals surface area contributed by atoms with E-state index in [4.69, 9.17) is 5.11 Å². The average Bonchev–Trinajstić information content (AvgIpc) is 2.30. The van der Waals surface area contributed by atoms with Crippen LogP contribution in [0.25, 0.3) is 0 Å². The van der Waals surface area contributed by atoms with Crippen molar-refractivity contribution in [2.75, 3.05) is 46.3 Å². The summed E-state index contributed by atoms with van der Waals surface area (Å²) in [4.78, 5) is 15.7. The first-order valence-electron chi connectivity index (χ1n) is 6.03. The molecule has 2 saturated heterocycles. The molecule has 5 heteroatoms. The van der Waals surface area contributed by atoms with Crippen molar-refractivity contribution >= 4 is 5.97 Å². The quantitative estimate of drug-likeness (QED) is 0.653. The lowest BCUT2D eigenvalue weighted by Crippen LogP contribution is -2.55. The van der Waals surface area contributed by atoms with E-state index in [-0.39, 0.29) is 5.92 Å². The maximum absolute atomic E-state index is 11.0. The van der Waals surface area contributed by atoms with Crippen LogP contribution >= 0.6 is 0 Å². The standard InChI is InChI=1S/C11H21N3O2/c1-13-2-4-14(5-3-13)10-6-9(11(15)16)7-12-8-10/h9-10,12H,2-8H2,1H3,(H,15,16)/t9-,10-/m1/s1. The fourth-order valence-electron chi connectivity index (χ4n) is 2.57. The number of carbonyl (C=O) groups is 1. The second kappa shape index (κ2) is 5.12. The monoisotopic (exact) mass is 227 g/mol. The summed E-state index contributed by atoms with van der Waals surface area (Å²) >= 11 is 0. The molecule has 0 aromatic rings. The fraction of sp³-hybridized carbons (Fsp3) is 0.909. The van der Waals surface area contributed by atoms with Gasteiger partial charge in [-0.15, -0.1) is 0 Å². The van der Waals surface area contributed by atoms with E-state index in [0.717, 1.165) is 39.1 Å². The topological polar surface area (TPSA) is 55.8 Å². The number of likely N-dealkylation sites (N-methyl/N-ethyl adjacent to an activating group) is 1. The highest BCUT2D eigenvalue weighted by atomic mass is 16.4. The number of hydrogen-bond donors (Lipinski definition) is 2. The highest BCUT2D eigenvalue weighted by molar-refractivity contribution is 5.70. The third-order valence-corrected chi connectivity index (χ3v) is 3.73. The van der Waals surface area contributed by atoms with Crippen molar-refractivity contribution in [1.82, 2.24) is 15.1 Å². The molecule has 16 heavy (non-hydrogen) atoms.